The Labute approximate surface area is 160 Å². The molecule has 3 aromatic heterocycles. The van der Waals surface area contributed by atoms with Gasteiger partial charge in [0.05, 0.1) is 22.3 Å². The lowest BCUT2D eigenvalue weighted by molar-refractivity contribution is 0.0998. The number of aromatic amines is 1. The number of H-pyrrole nitrogens is 1. The van der Waals surface area contributed by atoms with Crippen LogP contribution in [0.5, 0.6) is 0 Å². The highest BCUT2D eigenvalue weighted by atomic mass is 127. The first-order valence-electron chi connectivity index (χ1n) is 7.17. The maximum Gasteiger partial charge on any atom is 0.271 e. The van der Waals surface area contributed by atoms with E-state index in [9.17, 15) is 12.3 Å². The fourth-order valence-electron chi connectivity index (χ4n) is 2.86. The number of hydrogen-bond donors (Lipinski definition) is 3. The molecule has 8 nitrogen and oxygen atoms in total. The molecule has 3 heterocycles. The molecule has 0 fully saturated rings. The summed E-state index contributed by atoms with van der Waals surface area (Å²) in [5.74, 6) is -1.37. The second kappa shape index (κ2) is 6.29. The Morgan fingerprint density at radius 1 is 1.42 bits per heavy atom. The van der Waals surface area contributed by atoms with Gasteiger partial charge in [0.2, 0.25) is 0 Å². The van der Waals surface area contributed by atoms with Crippen molar-refractivity contribution >= 4 is 61.2 Å². The number of nitrogens with zero attached hydrogens (tertiary/aromatic N) is 3. The summed E-state index contributed by atoms with van der Waals surface area (Å²) in [7, 11) is 0. The summed E-state index contributed by atoms with van der Waals surface area (Å²) in [5, 5.41) is 10.9. The largest absolute Gasteiger partial charge is 0.365 e. The molecule has 0 atom stereocenters. The highest BCUT2D eigenvalue weighted by Crippen LogP contribution is 2.39. The molecule has 0 spiro atoms. The molecule has 0 aliphatic rings. The maximum absolute atomic E-state index is 14.7. The highest BCUT2D eigenvalue weighted by molar-refractivity contribution is 14.1. The minimum atomic E-state index is -1.40. The zero-order valence-corrected chi connectivity index (χ0v) is 15.7. The Bertz CT molecular complexity index is 1200. The van der Waals surface area contributed by atoms with Gasteiger partial charge in [-0.15, -0.1) is 5.10 Å². The molecule has 1 amide bonds. The van der Waals surface area contributed by atoms with Gasteiger partial charge in [0.25, 0.3) is 27.4 Å². The standard InChI is InChI=1S/C15H9ClFIN6O2/c16-12-10(8-5-20-22-14(8)11(13(12)17)15(19)25)6-1-2-24-7(3-6)4-9(23-24)21-18-26/h1-5H,(H2,19,25)(H,20,22)(H,21,23,26). The van der Waals surface area contributed by atoms with Gasteiger partial charge in [0.1, 0.15) is 5.56 Å². The van der Waals surface area contributed by atoms with Gasteiger partial charge in [0.15, 0.2) is 11.6 Å². The summed E-state index contributed by atoms with van der Waals surface area (Å²) < 4.78 is 29.8. The predicted octanol–water partition coefficient (Wildman–Crippen LogP) is 3.41. The summed E-state index contributed by atoms with van der Waals surface area (Å²) in [4.78, 5) is 11.6. The number of carbonyl (C=O) groups is 1. The molecule has 132 valence electrons. The van der Waals surface area contributed by atoms with Gasteiger partial charge in [-0.05, 0) is 17.7 Å². The smallest absolute Gasteiger partial charge is 0.271 e. The lowest BCUT2D eigenvalue weighted by atomic mass is 9.98. The molecule has 0 radical (unpaired) electrons. The van der Waals surface area contributed by atoms with Crippen molar-refractivity contribution in [1.82, 2.24) is 19.8 Å². The first-order chi connectivity index (χ1) is 12.5. The minimum absolute atomic E-state index is 0.182. The van der Waals surface area contributed by atoms with E-state index in [2.05, 4.69) is 18.8 Å². The number of nitrogens with two attached hydrogens (primary N) is 1. The number of aromatic nitrogens is 4. The van der Waals surface area contributed by atoms with E-state index in [0.29, 0.717) is 27.8 Å². The topological polar surface area (TPSA) is 118 Å². The van der Waals surface area contributed by atoms with Gasteiger partial charge in [-0.3, -0.25) is 13.4 Å². The first kappa shape index (κ1) is 16.8. The van der Waals surface area contributed by atoms with Crippen LogP contribution in [-0.4, -0.2) is 25.7 Å². The van der Waals surface area contributed by atoms with Crippen LogP contribution in [0.1, 0.15) is 10.4 Å². The number of rotatable bonds is 4. The van der Waals surface area contributed by atoms with Gasteiger partial charge in [-0.25, -0.2) is 12.0 Å². The first-order valence-corrected chi connectivity index (χ1v) is 9.50. The summed E-state index contributed by atoms with van der Waals surface area (Å²) >= 11 is 4.82. The summed E-state index contributed by atoms with van der Waals surface area (Å²) in [6, 6.07) is 5.15. The number of pyridine rings is 1. The number of halogens is 3. The molecule has 4 aromatic rings. The Hall–Kier alpha value is -2.60. The lowest BCUT2D eigenvalue weighted by Gasteiger charge is -2.11. The SMILES string of the molecule is NC(=O)c1c(F)c(Cl)c(-c2ccn3nc(NI=O)cc3c2)c2cn[nH]c12. The van der Waals surface area contributed by atoms with E-state index in [4.69, 9.17) is 17.3 Å². The molecule has 11 heteroatoms. The van der Waals surface area contributed by atoms with Crippen LogP contribution in [0.4, 0.5) is 10.2 Å². The van der Waals surface area contributed by atoms with Crippen LogP contribution in [0.3, 0.4) is 0 Å². The number of anilines is 1. The summed E-state index contributed by atoms with van der Waals surface area (Å²) in [6.07, 6.45) is 3.12. The van der Waals surface area contributed by atoms with Gasteiger partial charge in [-0.1, -0.05) is 11.6 Å². The van der Waals surface area contributed by atoms with E-state index in [1.165, 1.54) is 6.20 Å². The van der Waals surface area contributed by atoms with Crippen molar-refractivity contribution in [2.24, 2.45) is 5.73 Å². The second-order valence-corrected chi connectivity index (χ2v) is 6.74. The van der Waals surface area contributed by atoms with Crippen molar-refractivity contribution in [2.75, 3.05) is 3.53 Å². The second-order valence-electron chi connectivity index (χ2n) is 5.39. The summed E-state index contributed by atoms with van der Waals surface area (Å²) in [5.41, 5.74) is 6.80. The number of nitrogens with one attached hydrogen (secondary N) is 2. The number of fused-ring (bicyclic) bond motifs is 2. The molecule has 0 saturated heterocycles. The van der Waals surface area contributed by atoms with Crippen LogP contribution in [0, 0.1) is 5.82 Å². The third-order valence-electron chi connectivity index (χ3n) is 3.92. The Balaban J connectivity index is 2.00. The number of benzene rings is 1. The van der Waals surface area contributed by atoms with Crippen molar-refractivity contribution in [3.8, 4) is 11.1 Å². The molecular weight excluding hydrogens is 478 g/mol. The molecule has 1 aromatic carbocycles. The van der Waals surface area contributed by atoms with E-state index in [-0.39, 0.29) is 16.1 Å². The van der Waals surface area contributed by atoms with E-state index in [1.807, 2.05) is 0 Å². The normalized spacial score (nSPS) is 11.3. The molecule has 4 N–H and O–H groups in total. The van der Waals surface area contributed by atoms with E-state index >= 15 is 0 Å². The van der Waals surface area contributed by atoms with Crippen LogP contribution in [0.2, 0.25) is 5.02 Å². The Morgan fingerprint density at radius 3 is 2.96 bits per heavy atom. The zero-order chi connectivity index (χ0) is 18.4. The monoisotopic (exact) mass is 486 g/mol. The fraction of sp³-hybridized carbons (Fsp3) is 0. The van der Waals surface area contributed by atoms with Gasteiger partial charge < -0.3 is 5.73 Å². The van der Waals surface area contributed by atoms with Crippen LogP contribution in [0.25, 0.3) is 27.5 Å². The third kappa shape index (κ3) is 2.52. The fourth-order valence-corrected chi connectivity index (χ4v) is 3.66. The zero-order valence-electron chi connectivity index (χ0n) is 12.8. The number of hydrogen-bond acceptors (Lipinski definition) is 4. The van der Waals surface area contributed by atoms with Gasteiger partial charge in [0, 0.05) is 23.2 Å². The molecule has 0 bridgehead atoms. The number of primary amides is 1. The van der Waals surface area contributed by atoms with Crippen LogP contribution in [0.15, 0.2) is 30.6 Å². The van der Waals surface area contributed by atoms with Gasteiger partial charge >= 0.3 is 0 Å². The molecule has 26 heavy (non-hydrogen) atoms. The number of carbonyl (C=O) groups excluding carboxylic acids is 1. The quantitative estimate of drug-likeness (QED) is 0.302. The van der Waals surface area contributed by atoms with Crippen molar-refractivity contribution in [3.63, 3.8) is 0 Å². The molecule has 0 aliphatic carbocycles. The summed E-state index contributed by atoms with van der Waals surface area (Å²) in [6.45, 7) is 0. The average molecular weight is 487 g/mol. The average Bonchev–Trinajstić information content (AvgIpc) is 3.21. The Kier molecular flexibility index (Phi) is 4.07. The van der Waals surface area contributed by atoms with Crippen LogP contribution in [-0.2, 0) is 3.07 Å². The van der Waals surface area contributed by atoms with Crippen LogP contribution < -0.4 is 9.26 Å². The predicted molar refractivity (Wildman–Crippen MR) is 102 cm³/mol. The van der Waals surface area contributed by atoms with Gasteiger partial charge in [-0.2, -0.15) is 5.10 Å². The van der Waals surface area contributed by atoms with E-state index in [0.717, 1.165) is 0 Å². The number of amides is 1. The van der Waals surface area contributed by atoms with E-state index < -0.39 is 33.2 Å². The highest BCUT2D eigenvalue weighted by Gasteiger charge is 2.24. The molecule has 4 rings (SSSR count). The van der Waals surface area contributed by atoms with E-state index in [1.54, 1.807) is 28.9 Å². The lowest BCUT2D eigenvalue weighted by Crippen LogP contribution is -2.14. The van der Waals surface area contributed by atoms with Crippen molar-refractivity contribution in [3.05, 3.63) is 47.0 Å². The molecule has 0 saturated carbocycles. The minimum Gasteiger partial charge on any atom is -0.365 e. The Morgan fingerprint density at radius 2 is 2.23 bits per heavy atom. The maximum atomic E-state index is 14.7. The molecule has 0 aliphatic heterocycles. The van der Waals surface area contributed by atoms with Crippen molar-refractivity contribution < 1.29 is 12.3 Å². The van der Waals surface area contributed by atoms with Crippen molar-refractivity contribution in [2.45, 2.75) is 0 Å². The third-order valence-corrected chi connectivity index (χ3v) is 5.05. The molecular formula is C15H9ClFIN6O2. The van der Waals surface area contributed by atoms with Crippen molar-refractivity contribution in [1.29, 1.82) is 0 Å². The molecule has 0 unspecified atom stereocenters. The van der Waals surface area contributed by atoms with Crippen LogP contribution >= 0.6 is 33.1 Å².